The number of anilines is 1. The third kappa shape index (κ3) is 3.25. The second-order valence-corrected chi connectivity index (χ2v) is 6.63. The molecule has 7 nitrogen and oxygen atoms in total. The summed E-state index contributed by atoms with van der Waals surface area (Å²) in [4.78, 5) is 7.60. The van der Waals surface area contributed by atoms with E-state index in [1.54, 1.807) is 24.3 Å². The van der Waals surface area contributed by atoms with Crippen molar-refractivity contribution in [3.05, 3.63) is 54.4 Å². The van der Waals surface area contributed by atoms with Crippen LogP contribution in [-0.2, 0) is 16.4 Å². The molecule has 0 aliphatic carbocycles. The van der Waals surface area contributed by atoms with Crippen molar-refractivity contribution in [1.29, 1.82) is 0 Å². The first-order valence-corrected chi connectivity index (χ1v) is 8.62. The Morgan fingerprint density at radius 1 is 1.25 bits per heavy atom. The van der Waals surface area contributed by atoms with Crippen molar-refractivity contribution >= 4 is 15.7 Å². The van der Waals surface area contributed by atoms with Crippen molar-refractivity contribution in [3.63, 3.8) is 0 Å². The molecule has 0 atom stereocenters. The lowest BCUT2D eigenvalue weighted by atomic mass is 10.2. The molecule has 124 valence electrons. The molecule has 3 rings (SSSR count). The highest BCUT2D eigenvalue weighted by Crippen LogP contribution is 2.27. The molecule has 0 saturated heterocycles. The number of halogens is 1. The molecule has 0 radical (unpaired) electrons. The summed E-state index contributed by atoms with van der Waals surface area (Å²) in [6.45, 7) is 1.93. The highest BCUT2D eigenvalue weighted by atomic mass is 32.2. The van der Waals surface area contributed by atoms with Gasteiger partial charge in [-0.15, -0.1) is 0 Å². The van der Waals surface area contributed by atoms with Crippen molar-refractivity contribution in [2.75, 3.05) is 4.72 Å². The summed E-state index contributed by atoms with van der Waals surface area (Å²) >= 11 is 0. The molecule has 0 fully saturated rings. The smallest absolute Gasteiger partial charge is 0.263 e. The van der Waals surface area contributed by atoms with Crippen LogP contribution in [-0.4, -0.2) is 28.6 Å². The summed E-state index contributed by atoms with van der Waals surface area (Å²) in [6.07, 6.45) is 2.69. The zero-order valence-electron chi connectivity index (χ0n) is 12.7. The van der Waals surface area contributed by atoms with Gasteiger partial charge in [-0.05, 0) is 18.2 Å². The van der Waals surface area contributed by atoms with Crippen molar-refractivity contribution in [3.8, 4) is 11.4 Å². The molecule has 2 heterocycles. The summed E-state index contributed by atoms with van der Waals surface area (Å²) in [6, 6.07) is 7.61. The number of aromatic amines is 1. The van der Waals surface area contributed by atoms with Crippen LogP contribution in [0.15, 0.2) is 47.6 Å². The van der Waals surface area contributed by atoms with Crippen LogP contribution in [0.2, 0.25) is 0 Å². The van der Waals surface area contributed by atoms with Gasteiger partial charge in [0, 0.05) is 18.2 Å². The number of rotatable bonds is 5. The van der Waals surface area contributed by atoms with E-state index in [4.69, 9.17) is 0 Å². The Hall–Kier alpha value is -2.81. The molecule has 1 aromatic carbocycles. The predicted molar refractivity (Wildman–Crippen MR) is 86.2 cm³/mol. The van der Waals surface area contributed by atoms with E-state index in [9.17, 15) is 12.8 Å². The quantitative estimate of drug-likeness (QED) is 0.738. The van der Waals surface area contributed by atoms with E-state index >= 15 is 0 Å². The molecule has 2 aromatic heterocycles. The highest BCUT2D eigenvalue weighted by Gasteiger charge is 2.19. The van der Waals surface area contributed by atoms with E-state index in [1.165, 1.54) is 0 Å². The third-order valence-corrected chi connectivity index (χ3v) is 4.60. The van der Waals surface area contributed by atoms with Crippen LogP contribution in [0.3, 0.4) is 0 Å². The van der Waals surface area contributed by atoms with E-state index in [0.717, 1.165) is 18.5 Å². The Kier molecular flexibility index (Phi) is 4.26. The van der Waals surface area contributed by atoms with E-state index in [0.29, 0.717) is 29.3 Å². The number of sulfonamides is 1. The number of hydrogen-bond donors (Lipinski definition) is 2. The maximum absolute atomic E-state index is 13.2. The molecule has 0 aliphatic heterocycles. The van der Waals surface area contributed by atoms with Crippen LogP contribution in [0.4, 0.5) is 10.1 Å². The SMILES string of the molecule is CCc1nc(-c2ccccc2NS(=O)(=O)c2cncc(F)c2)n[nH]1. The molecule has 0 aliphatic rings. The topological polar surface area (TPSA) is 101 Å². The van der Waals surface area contributed by atoms with Gasteiger partial charge in [0.15, 0.2) is 5.82 Å². The first-order valence-electron chi connectivity index (χ1n) is 7.13. The lowest BCUT2D eigenvalue weighted by Gasteiger charge is -2.10. The zero-order chi connectivity index (χ0) is 17.2. The average Bonchev–Trinajstić information content (AvgIpc) is 3.04. The first-order chi connectivity index (χ1) is 11.5. The summed E-state index contributed by atoms with van der Waals surface area (Å²) in [5.41, 5.74) is 0.810. The van der Waals surface area contributed by atoms with Gasteiger partial charge in [-0.3, -0.25) is 14.8 Å². The standard InChI is InChI=1S/C15H14FN5O2S/c1-2-14-18-15(20-19-14)12-5-3-4-6-13(12)21-24(22,23)11-7-10(16)8-17-9-11/h3-9,21H,2H2,1H3,(H,18,19,20). The van der Waals surface area contributed by atoms with Crippen LogP contribution < -0.4 is 4.72 Å². The van der Waals surface area contributed by atoms with E-state index < -0.39 is 15.8 Å². The van der Waals surface area contributed by atoms with Gasteiger partial charge in [-0.25, -0.2) is 17.8 Å². The largest absolute Gasteiger partial charge is 0.279 e. The Morgan fingerprint density at radius 3 is 2.75 bits per heavy atom. The van der Waals surface area contributed by atoms with E-state index in [-0.39, 0.29) is 4.90 Å². The summed E-state index contributed by atoms with van der Waals surface area (Å²) < 4.78 is 40.5. The van der Waals surface area contributed by atoms with Crippen LogP contribution >= 0.6 is 0 Å². The fourth-order valence-corrected chi connectivity index (χ4v) is 3.14. The zero-order valence-corrected chi connectivity index (χ0v) is 13.5. The monoisotopic (exact) mass is 347 g/mol. The molecule has 0 saturated carbocycles. The van der Waals surface area contributed by atoms with Crippen LogP contribution in [0.1, 0.15) is 12.7 Å². The van der Waals surface area contributed by atoms with Crippen LogP contribution in [0.5, 0.6) is 0 Å². The predicted octanol–water partition coefficient (Wildman–Crippen LogP) is 2.37. The Balaban J connectivity index is 1.99. The number of nitrogens with zero attached hydrogens (tertiary/aromatic N) is 3. The number of aromatic nitrogens is 4. The van der Waals surface area contributed by atoms with Gasteiger partial charge in [0.25, 0.3) is 10.0 Å². The minimum atomic E-state index is -3.98. The normalized spacial score (nSPS) is 11.4. The number of H-pyrrole nitrogens is 1. The number of para-hydroxylation sites is 1. The first kappa shape index (κ1) is 16.1. The summed E-state index contributed by atoms with van der Waals surface area (Å²) in [5, 5.41) is 6.88. The van der Waals surface area contributed by atoms with E-state index in [2.05, 4.69) is 24.9 Å². The molecule has 0 spiro atoms. The second kappa shape index (κ2) is 6.36. The Morgan fingerprint density at radius 2 is 2.04 bits per heavy atom. The fraction of sp³-hybridized carbons (Fsp3) is 0.133. The molecule has 24 heavy (non-hydrogen) atoms. The van der Waals surface area contributed by atoms with Crippen molar-refractivity contribution in [2.45, 2.75) is 18.2 Å². The second-order valence-electron chi connectivity index (χ2n) is 4.95. The lowest BCUT2D eigenvalue weighted by Crippen LogP contribution is -2.14. The molecule has 9 heteroatoms. The van der Waals surface area contributed by atoms with Gasteiger partial charge in [-0.1, -0.05) is 19.1 Å². The number of nitrogens with one attached hydrogen (secondary N) is 2. The minimum Gasteiger partial charge on any atom is -0.279 e. The number of aryl methyl sites for hydroxylation is 1. The van der Waals surface area contributed by atoms with Crippen molar-refractivity contribution in [1.82, 2.24) is 20.2 Å². The van der Waals surface area contributed by atoms with Gasteiger partial charge >= 0.3 is 0 Å². The number of benzene rings is 1. The molecule has 2 N–H and O–H groups in total. The number of hydrogen-bond acceptors (Lipinski definition) is 5. The van der Waals surface area contributed by atoms with Crippen LogP contribution in [0.25, 0.3) is 11.4 Å². The van der Waals surface area contributed by atoms with Crippen molar-refractivity contribution in [2.24, 2.45) is 0 Å². The van der Waals surface area contributed by atoms with Gasteiger partial charge in [-0.2, -0.15) is 5.10 Å². The highest BCUT2D eigenvalue weighted by molar-refractivity contribution is 7.92. The molecular formula is C15H14FN5O2S. The molecule has 0 bridgehead atoms. The van der Waals surface area contributed by atoms with Gasteiger partial charge < -0.3 is 0 Å². The number of pyridine rings is 1. The maximum Gasteiger partial charge on any atom is 0.263 e. The van der Waals surface area contributed by atoms with Gasteiger partial charge in [0.1, 0.15) is 16.5 Å². The molecule has 0 unspecified atom stereocenters. The Bertz CT molecular complexity index is 971. The Labute approximate surface area is 138 Å². The van der Waals surface area contributed by atoms with Gasteiger partial charge in [0.05, 0.1) is 11.9 Å². The van der Waals surface area contributed by atoms with Crippen molar-refractivity contribution < 1.29 is 12.8 Å². The fourth-order valence-electron chi connectivity index (χ4n) is 2.08. The minimum absolute atomic E-state index is 0.262. The average molecular weight is 347 g/mol. The molecule has 0 amide bonds. The molecular weight excluding hydrogens is 333 g/mol. The summed E-state index contributed by atoms with van der Waals surface area (Å²) in [5.74, 6) is 0.340. The maximum atomic E-state index is 13.2. The third-order valence-electron chi connectivity index (χ3n) is 3.27. The summed E-state index contributed by atoms with van der Waals surface area (Å²) in [7, 11) is -3.98. The van der Waals surface area contributed by atoms with Gasteiger partial charge in [0.2, 0.25) is 0 Å². The lowest BCUT2D eigenvalue weighted by molar-refractivity contribution is 0.592. The molecule has 3 aromatic rings. The van der Waals surface area contributed by atoms with E-state index in [1.807, 2.05) is 6.92 Å². The van der Waals surface area contributed by atoms with Crippen LogP contribution in [0, 0.1) is 5.82 Å².